The first-order chi connectivity index (χ1) is 13.0. The highest BCUT2D eigenvalue weighted by Crippen LogP contribution is 2.35. The molecule has 0 aliphatic carbocycles. The van der Waals surface area contributed by atoms with E-state index < -0.39 is 6.04 Å². The van der Waals surface area contributed by atoms with Gasteiger partial charge in [-0.3, -0.25) is 19.7 Å². The second-order valence-corrected chi connectivity index (χ2v) is 7.37. The molecule has 6 heteroatoms. The van der Waals surface area contributed by atoms with Crippen LogP contribution in [0.3, 0.4) is 0 Å². The number of carbonyl (C=O) groups is 3. The third-order valence-corrected chi connectivity index (χ3v) is 5.68. The summed E-state index contributed by atoms with van der Waals surface area (Å²) in [6.45, 7) is 8.73. The van der Waals surface area contributed by atoms with Crippen molar-refractivity contribution in [1.29, 1.82) is 0 Å². The Morgan fingerprint density at radius 2 is 1.74 bits per heavy atom. The standard InChI is InChI=1S/C19H23N3O3.C2H6/c1-12-7-9-21(10-8-12)15-4-2-3-13-14(15)11-22(19(13)25)16-5-6-17(23)20-18(16)24;1-2/h2-4,12,16H,5-11H2,1H3,(H,20,23,24);1-2H3. The number of amides is 3. The maximum absolute atomic E-state index is 12.9. The Labute approximate surface area is 160 Å². The lowest BCUT2D eigenvalue weighted by molar-refractivity contribution is -0.136. The molecule has 0 radical (unpaired) electrons. The van der Waals surface area contributed by atoms with Crippen LogP contribution in [0.2, 0.25) is 0 Å². The van der Waals surface area contributed by atoms with Crippen molar-refractivity contribution >= 4 is 23.4 Å². The predicted molar refractivity (Wildman–Crippen MR) is 104 cm³/mol. The first kappa shape index (κ1) is 19.4. The van der Waals surface area contributed by atoms with Gasteiger partial charge < -0.3 is 9.80 Å². The van der Waals surface area contributed by atoms with Crippen molar-refractivity contribution in [2.75, 3.05) is 18.0 Å². The Hall–Kier alpha value is -2.37. The minimum atomic E-state index is -0.549. The van der Waals surface area contributed by atoms with E-state index in [9.17, 15) is 14.4 Å². The summed E-state index contributed by atoms with van der Waals surface area (Å²) >= 11 is 0. The first-order valence-electron chi connectivity index (χ1n) is 10.1. The molecule has 27 heavy (non-hydrogen) atoms. The van der Waals surface area contributed by atoms with Gasteiger partial charge in [0, 0.05) is 42.9 Å². The number of piperidine rings is 2. The van der Waals surface area contributed by atoms with Gasteiger partial charge in [0.05, 0.1) is 0 Å². The molecule has 0 spiro atoms. The van der Waals surface area contributed by atoms with E-state index in [4.69, 9.17) is 0 Å². The zero-order valence-electron chi connectivity index (χ0n) is 16.5. The van der Waals surface area contributed by atoms with Crippen LogP contribution in [0.4, 0.5) is 5.69 Å². The van der Waals surface area contributed by atoms with Gasteiger partial charge in [-0.1, -0.05) is 26.8 Å². The third kappa shape index (κ3) is 3.70. The van der Waals surface area contributed by atoms with Crippen LogP contribution in [0.25, 0.3) is 0 Å². The SMILES string of the molecule is CC.CC1CCN(c2cccc3c2CN(C2CCC(=O)NC2=O)C3=O)CC1. The van der Waals surface area contributed by atoms with E-state index in [2.05, 4.69) is 23.2 Å². The molecular formula is C21H29N3O3. The minimum absolute atomic E-state index is 0.100. The second-order valence-electron chi connectivity index (χ2n) is 7.37. The number of imide groups is 1. The van der Waals surface area contributed by atoms with Gasteiger partial charge in [-0.2, -0.15) is 0 Å². The number of fused-ring (bicyclic) bond motifs is 1. The quantitative estimate of drug-likeness (QED) is 0.812. The molecule has 2 fully saturated rings. The van der Waals surface area contributed by atoms with Crippen LogP contribution in [0, 0.1) is 5.92 Å². The highest BCUT2D eigenvalue weighted by Gasteiger charge is 2.40. The molecule has 6 nitrogen and oxygen atoms in total. The molecule has 3 aliphatic heterocycles. The van der Waals surface area contributed by atoms with E-state index in [1.54, 1.807) is 4.90 Å². The largest absolute Gasteiger partial charge is 0.371 e. The average Bonchev–Trinajstić information content (AvgIpc) is 3.01. The molecule has 1 N–H and O–H groups in total. The second kappa shape index (κ2) is 8.11. The van der Waals surface area contributed by atoms with E-state index in [0.717, 1.165) is 43.1 Å². The van der Waals surface area contributed by atoms with Crippen LogP contribution < -0.4 is 10.2 Å². The van der Waals surface area contributed by atoms with Crippen molar-refractivity contribution in [3.05, 3.63) is 29.3 Å². The number of hydrogen-bond donors (Lipinski definition) is 1. The average molecular weight is 371 g/mol. The number of hydrogen-bond acceptors (Lipinski definition) is 4. The zero-order valence-corrected chi connectivity index (χ0v) is 16.5. The number of benzene rings is 1. The van der Waals surface area contributed by atoms with Gasteiger partial charge in [-0.05, 0) is 37.3 Å². The summed E-state index contributed by atoms with van der Waals surface area (Å²) in [6, 6.07) is 5.31. The molecule has 1 unspecified atom stereocenters. The van der Waals surface area contributed by atoms with Crippen LogP contribution >= 0.6 is 0 Å². The van der Waals surface area contributed by atoms with E-state index in [0.29, 0.717) is 18.5 Å². The maximum atomic E-state index is 12.9. The molecule has 1 aromatic carbocycles. The molecule has 0 bridgehead atoms. The van der Waals surface area contributed by atoms with Crippen molar-refractivity contribution in [2.45, 2.75) is 59.0 Å². The number of anilines is 1. The summed E-state index contributed by atoms with van der Waals surface area (Å²) in [6.07, 6.45) is 3.01. The fourth-order valence-electron chi connectivity index (χ4n) is 4.12. The lowest BCUT2D eigenvalue weighted by Gasteiger charge is -2.33. The third-order valence-electron chi connectivity index (χ3n) is 5.68. The van der Waals surface area contributed by atoms with Gasteiger partial charge >= 0.3 is 0 Å². The van der Waals surface area contributed by atoms with Gasteiger partial charge in [0.2, 0.25) is 11.8 Å². The van der Waals surface area contributed by atoms with E-state index in [-0.39, 0.29) is 24.1 Å². The van der Waals surface area contributed by atoms with Crippen molar-refractivity contribution < 1.29 is 14.4 Å². The minimum Gasteiger partial charge on any atom is -0.371 e. The summed E-state index contributed by atoms with van der Waals surface area (Å²) < 4.78 is 0. The summed E-state index contributed by atoms with van der Waals surface area (Å²) in [5.74, 6) is 0.0330. The molecule has 0 aromatic heterocycles. The summed E-state index contributed by atoms with van der Waals surface area (Å²) in [5.41, 5.74) is 2.83. The van der Waals surface area contributed by atoms with Crippen LogP contribution in [0.15, 0.2) is 18.2 Å². The summed E-state index contributed by atoms with van der Waals surface area (Å²) in [4.78, 5) is 40.4. The van der Waals surface area contributed by atoms with Crippen molar-refractivity contribution in [2.24, 2.45) is 5.92 Å². The molecule has 3 amide bonds. The van der Waals surface area contributed by atoms with E-state index in [1.807, 2.05) is 26.0 Å². The molecule has 146 valence electrons. The Morgan fingerprint density at radius 3 is 2.41 bits per heavy atom. The number of nitrogens with zero attached hydrogens (tertiary/aromatic N) is 2. The molecule has 1 atom stereocenters. The van der Waals surface area contributed by atoms with Gasteiger partial charge in [-0.15, -0.1) is 0 Å². The van der Waals surface area contributed by atoms with Gasteiger partial charge in [0.15, 0.2) is 0 Å². The van der Waals surface area contributed by atoms with Crippen molar-refractivity contribution in [3.63, 3.8) is 0 Å². The van der Waals surface area contributed by atoms with Crippen molar-refractivity contribution in [1.82, 2.24) is 10.2 Å². The fraction of sp³-hybridized carbons (Fsp3) is 0.571. The topological polar surface area (TPSA) is 69.7 Å². The zero-order chi connectivity index (χ0) is 19.6. The Kier molecular flexibility index (Phi) is 5.82. The maximum Gasteiger partial charge on any atom is 0.255 e. The number of carbonyl (C=O) groups excluding carboxylic acids is 3. The van der Waals surface area contributed by atoms with Crippen LogP contribution in [-0.4, -0.2) is 41.8 Å². The van der Waals surface area contributed by atoms with E-state index >= 15 is 0 Å². The van der Waals surface area contributed by atoms with Gasteiger partial charge in [0.25, 0.3) is 5.91 Å². The molecular weight excluding hydrogens is 342 g/mol. The van der Waals surface area contributed by atoms with Crippen LogP contribution in [0.1, 0.15) is 62.4 Å². The smallest absolute Gasteiger partial charge is 0.255 e. The molecule has 2 saturated heterocycles. The monoisotopic (exact) mass is 371 g/mol. The fourth-order valence-corrected chi connectivity index (χ4v) is 4.12. The molecule has 1 aromatic rings. The highest BCUT2D eigenvalue weighted by atomic mass is 16.2. The number of rotatable bonds is 2. The lowest BCUT2D eigenvalue weighted by atomic mass is 9.97. The summed E-state index contributed by atoms with van der Waals surface area (Å²) in [5, 5.41) is 2.35. The van der Waals surface area contributed by atoms with Crippen LogP contribution in [0.5, 0.6) is 0 Å². The Balaban J connectivity index is 0.00000102. The number of nitrogens with one attached hydrogen (secondary N) is 1. The van der Waals surface area contributed by atoms with Crippen molar-refractivity contribution in [3.8, 4) is 0 Å². The predicted octanol–water partition coefficient (Wildman–Crippen LogP) is 2.71. The summed E-state index contributed by atoms with van der Waals surface area (Å²) in [7, 11) is 0. The Morgan fingerprint density at radius 1 is 1.04 bits per heavy atom. The highest BCUT2D eigenvalue weighted by molar-refractivity contribution is 6.06. The van der Waals surface area contributed by atoms with Gasteiger partial charge in [-0.25, -0.2) is 0 Å². The van der Waals surface area contributed by atoms with Crippen LogP contribution in [-0.2, 0) is 16.1 Å². The molecule has 3 heterocycles. The molecule has 0 saturated carbocycles. The van der Waals surface area contributed by atoms with E-state index in [1.165, 1.54) is 0 Å². The first-order valence-corrected chi connectivity index (χ1v) is 10.1. The Bertz CT molecular complexity index is 738. The lowest BCUT2D eigenvalue weighted by Crippen LogP contribution is -2.52. The van der Waals surface area contributed by atoms with Gasteiger partial charge in [0.1, 0.15) is 6.04 Å². The molecule has 4 rings (SSSR count). The normalized spacial score (nSPS) is 22.9. The molecule has 3 aliphatic rings.